The average Bonchev–Trinajstić information content (AvgIpc) is 2.56. The Morgan fingerprint density at radius 1 is 0.875 bits per heavy atom. The van der Waals surface area contributed by atoms with Crippen molar-refractivity contribution in [1.82, 2.24) is 9.96 Å². The summed E-state index contributed by atoms with van der Waals surface area (Å²) in [5.74, 6) is -0.231. The van der Waals surface area contributed by atoms with Crippen LogP contribution in [0.5, 0.6) is 0 Å². The molecule has 0 aliphatic carbocycles. The number of amides is 2. The number of carbonyl (C=O) groups excluding carboxylic acids is 2. The van der Waals surface area contributed by atoms with Crippen molar-refractivity contribution >= 4 is 20.2 Å². The van der Waals surface area contributed by atoms with Gasteiger partial charge in [-0.25, -0.2) is 0 Å². The predicted molar refractivity (Wildman–Crippen MR) is 98.4 cm³/mol. The van der Waals surface area contributed by atoms with Gasteiger partial charge in [-0.3, -0.25) is 9.59 Å². The molecular formula is C19H22N2O2Si. The summed E-state index contributed by atoms with van der Waals surface area (Å²) in [7, 11) is -2.59. The second-order valence-corrected chi connectivity index (χ2v) is 9.14. The van der Waals surface area contributed by atoms with Crippen LogP contribution in [0.1, 0.15) is 11.1 Å². The minimum Gasteiger partial charge on any atom is -0.362 e. The zero-order valence-corrected chi connectivity index (χ0v) is 14.8. The van der Waals surface area contributed by atoms with Crippen LogP contribution in [-0.2, 0) is 22.4 Å². The standard InChI is InChI=1S/C19H22N2O2Si/c1-3-24(2,20-18(22)14-16-10-6-4-7-11-16)21-19(23)15-17-12-8-5-9-13-17/h3-13H,1,14-15H2,2H3,(H,20,22)(H,21,23). The van der Waals surface area contributed by atoms with Gasteiger partial charge in [0.2, 0.25) is 11.8 Å². The Balaban J connectivity index is 1.93. The lowest BCUT2D eigenvalue weighted by Gasteiger charge is -2.25. The van der Waals surface area contributed by atoms with Crippen molar-refractivity contribution in [1.29, 1.82) is 0 Å². The van der Waals surface area contributed by atoms with Gasteiger partial charge in [0, 0.05) is 0 Å². The fraction of sp³-hybridized carbons (Fsp3) is 0.158. The van der Waals surface area contributed by atoms with Crippen molar-refractivity contribution in [3.05, 3.63) is 84.1 Å². The molecule has 5 heteroatoms. The van der Waals surface area contributed by atoms with E-state index >= 15 is 0 Å². The minimum atomic E-state index is -2.59. The summed E-state index contributed by atoms with van der Waals surface area (Å²) in [5.41, 5.74) is 3.54. The first-order valence-electron chi connectivity index (χ1n) is 7.84. The summed E-state index contributed by atoms with van der Waals surface area (Å²) in [6.45, 7) is 5.64. The predicted octanol–water partition coefficient (Wildman–Crippen LogP) is 2.50. The molecule has 2 aromatic carbocycles. The third-order valence-corrected chi connectivity index (χ3v) is 6.03. The van der Waals surface area contributed by atoms with E-state index in [1.165, 1.54) is 0 Å². The van der Waals surface area contributed by atoms with Crippen molar-refractivity contribution in [2.45, 2.75) is 19.4 Å². The van der Waals surface area contributed by atoms with Crippen LogP contribution in [0.2, 0.25) is 6.55 Å². The van der Waals surface area contributed by atoms with E-state index in [2.05, 4.69) is 16.5 Å². The quantitative estimate of drug-likeness (QED) is 0.762. The smallest absolute Gasteiger partial charge is 0.285 e. The Kier molecular flexibility index (Phi) is 6.09. The third kappa shape index (κ3) is 5.51. The first kappa shape index (κ1) is 17.7. The number of nitrogens with one attached hydrogen (secondary N) is 2. The highest BCUT2D eigenvalue weighted by molar-refractivity contribution is 6.82. The van der Waals surface area contributed by atoms with Crippen molar-refractivity contribution < 1.29 is 9.59 Å². The van der Waals surface area contributed by atoms with Gasteiger partial charge >= 0.3 is 0 Å². The topological polar surface area (TPSA) is 58.2 Å². The Morgan fingerprint density at radius 2 is 1.25 bits per heavy atom. The number of hydrogen-bond acceptors (Lipinski definition) is 2. The van der Waals surface area contributed by atoms with E-state index < -0.39 is 8.40 Å². The molecule has 0 fully saturated rings. The normalized spacial score (nSPS) is 10.7. The molecule has 0 bridgehead atoms. The molecule has 0 saturated heterocycles. The van der Waals surface area contributed by atoms with Gasteiger partial charge in [-0.05, 0) is 17.7 Å². The van der Waals surface area contributed by atoms with E-state index in [-0.39, 0.29) is 24.7 Å². The SMILES string of the molecule is C=C[Si](C)(NC(=O)Cc1ccccc1)NC(=O)Cc1ccccc1. The summed E-state index contributed by atoms with van der Waals surface area (Å²) in [5, 5.41) is 0. The monoisotopic (exact) mass is 338 g/mol. The van der Waals surface area contributed by atoms with Crippen LogP contribution in [0.4, 0.5) is 0 Å². The summed E-state index contributed by atoms with van der Waals surface area (Å²) < 4.78 is 0. The van der Waals surface area contributed by atoms with Gasteiger partial charge in [0.15, 0.2) is 0 Å². The molecule has 24 heavy (non-hydrogen) atoms. The maximum Gasteiger partial charge on any atom is 0.285 e. The molecule has 4 nitrogen and oxygen atoms in total. The van der Waals surface area contributed by atoms with Gasteiger partial charge in [-0.2, -0.15) is 0 Å². The van der Waals surface area contributed by atoms with E-state index in [1.54, 1.807) is 5.70 Å². The van der Waals surface area contributed by atoms with Crippen molar-refractivity contribution in [2.75, 3.05) is 0 Å². The molecule has 0 radical (unpaired) electrons. The van der Waals surface area contributed by atoms with Crippen molar-refractivity contribution in [3.63, 3.8) is 0 Å². The lowest BCUT2D eigenvalue weighted by atomic mass is 10.1. The van der Waals surface area contributed by atoms with Gasteiger partial charge in [-0.15, -0.1) is 6.58 Å². The molecule has 2 rings (SSSR count). The number of carbonyl (C=O) groups is 2. The second-order valence-electron chi connectivity index (χ2n) is 5.83. The lowest BCUT2D eigenvalue weighted by Crippen LogP contribution is -2.63. The molecule has 0 saturated carbocycles. The van der Waals surface area contributed by atoms with Crippen LogP contribution < -0.4 is 9.96 Å². The number of hydrogen-bond donors (Lipinski definition) is 2. The van der Waals surface area contributed by atoms with Gasteiger partial charge < -0.3 is 9.96 Å². The van der Waals surface area contributed by atoms with E-state index in [1.807, 2.05) is 67.2 Å². The maximum absolute atomic E-state index is 12.3. The first-order valence-corrected chi connectivity index (χ1v) is 10.4. The van der Waals surface area contributed by atoms with E-state index in [9.17, 15) is 9.59 Å². The largest absolute Gasteiger partial charge is 0.362 e. The Morgan fingerprint density at radius 3 is 1.58 bits per heavy atom. The molecular weight excluding hydrogens is 316 g/mol. The fourth-order valence-corrected chi connectivity index (χ4v) is 3.97. The number of benzene rings is 2. The lowest BCUT2D eigenvalue weighted by molar-refractivity contribution is -0.119. The van der Waals surface area contributed by atoms with Crippen LogP contribution in [0.15, 0.2) is 72.9 Å². The van der Waals surface area contributed by atoms with E-state index in [4.69, 9.17) is 0 Å². The molecule has 124 valence electrons. The van der Waals surface area contributed by atoms with Gasteiger partial charge in [0.25, 0.3) is 8.40 Å². The molecule has 0 aromatic heterocycles. The van der Waals surface area contributed by atoms with Crippen LogP contribution in [0, 0.1) is 0 Å². The minimum absolute atomic E-state index is 0.115. The maximum atomic E-state index is 12.3. The highest BCUT2D eigenvalue weighted by Gasteiger charge is 2.29. The molecule has 2 aromatic rings. The highest BCUT2D eigenvalue weighted by atomic mass is 28.3. The molecule has 0 aliphatic rings. The van der Waals surface area contributed by atoms with Gasteiger partial charge in [-0.1, -0.05) is 66.4 Å². The molecule has 2 N–H and O–H groups in total. The van der Waals surface area contributed by atoms with Gasteiger partial charge in [0.1, 0.15) is 0 Å². The summed E-state index contributed by atoms with van der Waals surface area (Å²) in [6, 6.07) is 19.0. The summed E-state index contributed by atoms with van der Waals surface area (Å²) in [4.78, 5) is 30.4. The number of rotatable bonds is 7. The Hall–Kier alpha value is -2.66. The first-order chi connectivity index (χ1) is 11.5. The van der Waals surface area contributed by atoms with E-state index in [0.717, 1.165) is 11.1 Å². The fourth-order valence-electron chi connectivity index (χ4n) is 2.36. The highest BCUT2D eigenvalue weighted by Crippen LogP contribution is 2.04. The zero-order chi connectivity index (χ0) is 17.4. The molecule has 0 unspecified atom stereocenters. The zero-order valence-electron chi connectivity index (χ0n) is 13.8. The second kappa shape index (κ2) is 8.26. The van der Waals surface area contributed by atoms with Crippen LogP contribution in [-0.4, -0.2) is 20.2 Å². The summed E-state index contributed by atoms with van der Waals surface area (Å²) in [6.07, 6.45) is 0.567. The third-order valence-electron chi connectivity index (χ3n) is 3.62. The van der Waals surface area contributed by atoms with Crippen LogP contribution in [0.3, 0.4) is 0 Å². The van der Waals surface area contributed by atoms with Crippen molar-refractivity contribution in [2.24, 2.45) is 0 Å². The Bertz CT molecular complexity index is 646. The van der Waals surface area contributed by atoms with Crippen LogP contribution in [0.25, 0.3) is 0 Å². The van der Waals surface area contributed by atoms with E-state index in [0.29, 0.717) is 0 Å². The van der Waals surface area contributed by atoms with Crippen LogP contribution >= 0.6 is 0 Å². The Labute approximate surface area is 143 Å². The van der Waals surface area contributed by atoms with Crippen molar-refractivity contribution in [3.8, 4) is 0 Å². The average molecular weight is 338 g/mol. The molecule has 0 spiro atoms. The molecule has 0 heterocycles. The molecule has 0 atom stereocenters. The van der Waals surface area contributed by atoms with Gasteiger partial charge in [0.05, 0.1) is 12.8 Å². The molecule has 0 aliphatic heterocycles. The molecule has 2 amide bonds. The summed E-state index contributed by atoms with van der Waals surface area (Å²) >= 11 is 0.